The van der Waals surface area contributed by atoms with Crippen molar-refractivity contribution in [2.24, 2.45) is 0 Å². The molecule has 1 aromatic rings. The van der Waals surface area contributed by atoms with Gasteiger partial charge in [-0.25, -0.2) is 14.6 Å². The van der Waals surface area contributed by atoms with Gasteiger partial charge < -0.3 is 14.2 Å². The Bertz CT molecular complexity index is 340. The molecular weight excluding hydrogens is 178 g/mol. The minimum absolute atomic E-state index is 0.0540. The van der Waals surface area contributed by atoms with E-state index in [4.69, 9.17) is 0 Å². The largest absolute Gasteiger partial charge is 0.525 e. The van der Waals surface area contributed by atoms with Gasteiger partial charge in [-0.15, -0.1) is 0 Å². The highest BCUT2D eigenvalue weighted by molar-refractivity contribution is 5.81. The van der Waals surface area contributed by atoms with Crippen molar-refractivity contribution < 1.29 is 23.8 Å². The molecule has 1 aliphatic heterocycles. The zero-order valence-corrected chi connectivity index (χ0v) is 6.22. The van der Waals surface area contributed by atoms with Crippen LogP contribution < -0.4 is 9.47 Å². The van der Waals surface area contributed by atoms with E-state index in [1.807, 2.05) is 0 Å². The molecule has 6 heteroatoms. The Kier molecular flexibility index (Phi) is 1.59. The quantitative estimate of drug-likeness (QED) is 0.440. The molecule has 0 fully saturated rings. The first-order valence-corrected chi connectivity index (χ1v) is 3.32. The molecule has 13 heavy (non-hydrogen) atoms. The lowest BCUT2D eigenvalue weighted by Crippen LogP contribution is -2.14. The van der Waals surface area contributed by atoms with Gasteiger partial charge >= 0.3 is 12.3 Å². The molecule has 0 unspecified atom stereocenters. The van der Waals surface area contributed by atoms with Gasteiger partial charge in [-0.05, 0) is 12.1 Å². The number of ether oxygens (including phenoxy) is 3. The van der Waals surface area contributed by atoms with Gasteiger partial charge in [-0.3, -0.25) is 0 Å². The molecule has 0 radical (unpaired) electrons. The van der Waals surface area contributed by atoms with Crippen LogP contribution >= 0.6 is 0 Å². The summed E-state index contributed by atoms with van der Waals surface area (Å²) in [6, 6.07) is 2.97. The summed E-state index contributed by atoms with van der Waals surface area (Å²) in [7, 11) is 0. The smallest absolute Gasteiger partial charge is 0.389 e. The van der Waals surface area contributed by atoms with Crippen molar-refractivity contribution in [2.75, 3.05) is 0 Å². The minimum atomic E-state index is -1.15. The number of rotatable bonds is 0. The molecule has 1 aliphatic rings. The molecule has 0 atom stereocenters. The van der Waals surface area contributed by atoms with Crippen LogP contribution in [0.4, 0.5) is 9.59 Å². The maximum absolute atomic E-state index is 10.7. The molecule has 0 bridgehead atoms. The van der Waals surface area contributed by atoms with E-state index in [-0.39, 0.29) is 11.6 Å². The Morgan fingerprint density at radius 3 is 2.69 bits per heavy atom. The highest BCUT2D eigenvalue weighted by atomic mass is 16.8. The van der Waals surface area contributed by atoms with E-state index >= 15 is 0 Å². The molecule has 2 heterocycles. The summed E-state index contributed by atoms with van der Waals surface area (Å²) in [5.74, 6) is -0.0308. The fourth-order valence-corrected chi connectivity index (χ4v) is 0.809. The number of pyridine rings is 1. The third kappa shape index (κ3) is 1.41. The van der Waals surface area contributed by atoms with E-state index in [0.717, 1.165) is 0 Å². The van der Waals surface area contributed by atoms with Crippen molar-refractivity contribution in [1.29, 1.82) is 0 Å². The number of carbonyl (C=O) groups excluding carboxylic acids is 2. The van der Waals surface area contributed by atoms with Gasteiger partial charge in [-0.1, -0.05) is 0 Å². The standard InChI is InChI=1S/C7H3NO5/c9-6-11-4-2-1-3-8-5(4)12-7(10)13-6/h1-3H. The van der Waals surface area contributed by atoms with E-state index in [0.29, 0.717) is 0 Å². The van der Waals surface area contributed by atoms with Crippen molar-refractivity contribution in [3.63, 3.8) is 0 Å². The highest BCUT2D eigenvalue weighted by Crippen LogP contribution is 2.26. The third-order valence-electron chi connectivity index (χ3n) is 1.28. The Balaban J connectivity index is 2.43. The summed E-state index contributed by atoms with van der Waals surface area (Å²) in [6.07, 6.45) is -0.884. The van der Waals surface area contributed by atoms with Gasteiger partial charge in [0, 0.05) is 6.20 Å². The minimum Gasteiger partial charge on any atom is -0.389 e. The van der Waals surface area contributed by atoms with Crippen LogP contribution in [0.5, 0.6) is 11.6 Å². The van der Waals surface area contributed by atoms with E-state index in [1.54, 1.807) is 0 Å². The van der Waals surface area contributed by atoms with E-state index in [9.17, 15) is 9.59 Å². The lowest BCUT2D eigenvalue weighted by molar-refractivity contribution is 0.0993. The molecule has 0 saturated heterocycles. The van der Waals surface area contributed by atoms with Crippen molar-refractivity contribution in [3.8, 4) is 11.6 Å². The van der Waals surface area contributed by atoms with Crippen LogP contribution in [0.2, 0.25) is 0 Å². The van der Waals surface area contributed by atoms with Crippen LogP contribution in [0, 0.1) is 0 Å². The molecule has 0 saturated carbocycles. The number of nitrogens with zero attached hydrogens (tertiary/aromatic N) is 1. The van der Waals surface area contributed by atoms with Gasteiger partial charge in [0.25, 0.3) is 5.88 Å². The van der Waals surface area contributed by atoms with Gasteiger partial charge in [0.1, 0.15) is 0 Å². The zero-order chi connectivity index (χ0) is 9.26. The first-order chi connectivity index (χ1) is 6.25. The molecule has 0 N–H and O–H groups in total. The summed E-state index contributed by atoms with van der Waals surface area (Å²) >= 11 is 0. The van der Waals surface area contributed by atoms with Crippen molar-refractivity contribution >= 4 is 12.3 Å². The fraction of sp³-hybridized carbons (Fsp3) is 0. The molecule has 0 spiro atoms. The van der Waals surface area contributed by atoms with Gasteiger partial charge in [0.2, 0.25) is 0 Å². The van der Waals surface area contributed by atoms with Gasteiger partial charge in [0.05, 0.1) is 0 Å². The van der Waals surface area contributed by atoms with Crippen LogP contribution in [-0.4, -0.2) is 17.3 Å². The van der Waals surface area contributed by atoms with Crippen molar-refractivity contribution in [3.05, 3.63) is 18.3 Å². The molecule has 0 aliphatic carbocycles. The first-order valence-electron chi connectivity index (χ1n) is 3.32. The predicted octanol–water partition coefficient (Wildman–Crippen LogP) is 1.11. The predicted molar refractivity (Wildman–Crippen MR) is 37.4 cm³/mol. The van der Waals surface area contributed by atoms with Gasteiger partial charge in [0.15, 0.2) is 5.75 Å². The third-order valence-corrected chi connectivity index (χ3v) is 1.28. The number of cyclic esters (lactones) is 2. The molecule has 66 valence electrons. The van der Waals surface area contributed by atoms with Gasteiger partial charge in [-0.2, -0.15) is 0 Å². The normalized spacial score (nSPS) is 14.8. The Labute approximate surface area is 72.0 Å². The van der Waals surface area contributed by atoms with Crippen LogP contribution in [0.1, 0.15) is 0 Å². The van der Waals surface area contributed by atoms with Crippen LogP contribution in [-0.2, 0) is 4.74 Å². The SMILES string of the molecule is O=C1OC(=O)Oc2ncccc2O1. The number of aromatic nitrogens is 1. The maximum atomic E-state index is 10.7. The second-order valence-corrected chi connectivity index (χ2v) is 2.11. The molecule has 2 rings (SSSR count). The fourth-order valence-electron chi connectivity index (χ4n) is 0.809. The number of hydrogen-bond acceptors (Lipinski definition) is 6. The summed E-state index contributed by atoms with van der Waals surface area (Å²) in [4.78, 5) is 25.0. The van der Waals surface area contributed by atoms with E-state index in [2.05, 4.69) is 19.2 Å². The average molecular weight is 181 g/mol. The Hall–Kier alpha value is -2.11. The second kappa shape index (κ2) is 2.74. The van der Waals surface area contributed by atoms with Crippen LogP contribution in [0.3, 0.4) is 0 Å². The van der Waals surface area contributed by atoms with Crippen LogP contribution in [0.15, 0.2) is 18.3 Å². The average Bonchev–Trinajstić information content (AvgIpc) is 2.20. The van der Waals surface area contributed by atoms with Crippen LogP contribution in [0.25, 0.3) is 0 Å². The van der Waals surface area contributed by atoms with Crippen molar-refractivity contribution in [2.45, 2.75) is 0 Å². The van der Waals surface area contributed by atoms with E-state index in [1.165, 1.54) is 18.3 Å². The van der Waals surface area contributed by atoms with Crippen molar-refractivity contribution in [1.82, 2.24) is 4.98 Å². The number of hydrogen-bond donors (Lipinski definition) is 0. The molecule has 1 aromatic heterocycles. The Morgan fingerprint density at radius 2 is 1.85 bits per heavy atom. The van der Waals surface area contributed by atoms with E-state index < -0.39 is 12.3 Å². The molecule has 0 aromatic carbocycles. The summed E-state index contributed by atoms with van der Waals surface area (Å²) in [5.41, 5.74) is 0. The Morgan fingerprint density at radius 1 is 1.08 bits per heavy atom. The first kappa shape index (κ1) is 7.53. The maximum Gasteiger partial charge on any atom is 0.525 e. The zero-order valence-electron chi connectivity index (χ0n) is 6.22. The monoisotopic (exact) mass is 181 g/mol. The molecule has 6 nitrogen and oxygen atoms in total. The summed E-state index contributed by atoms with van der Waals surface area (Å²) in [5, 5.41) is 0. The lowest BCUT2D eigenvalue weighted by atomic mass is 10.4. The lowest BCUT2D eigenvalue weighted by Gasteiger charge is -1.98. The summed E-state index contributed by atoms with van der Waals surface area (Å²) < 4.78 is 13.1. The molecule has 0 amide bonds. The second-order valence-electron chi connectivity index (χ2n) is 2.11. The molecular formula is C7H3NO5. The number of carbonyl (C=O) groups is 2. The summed E-state index contributed by atoms with van der Waals surface area (Å²) in [6.45, 7) is 0. The topological polar surface area (TPSA) is 74.7 Å². The number of fused-ring (bicyclic) bond motifs is 1. The highest BCUT2D eigenvalue weighted by Gasteiger charge is 2.24.